The van der Waals surface area contributed by atoms with E-state index in [1.165, 1.54) is 12.1 Å². The largest absolute Gasteiger partial charge is 0.466 e. The van der Waals surface area contributed by atoms with Gasteiger partial charge in [-0.3, -0.25) is 28.9 Å². The minimum Gasteiger partial charge on any atom is -0.466 e. The van der Waals surface area contributed by atoms with Gasteiger partial charge in [0.05, 0.1) is 69.1 Å². The molecule has 62 heavy (non-hydrogen) atoms. The first-order valence-corrected chi connectivity index (χ1v) is 21.8. The summed E-state index contributed by atoms with van der Waals surface area (Å²) in [7, 11) is 0. The maximum Gasteiger partial charge on any atom is 0.372 e. The van der Waals surface area contributed by atoms with E-state index in [-0.39, 0.29) is 85.7 Å². The molecule has 0 aliphatic carbocycles. The third kappa shape index (κ3) is 30.6. The number of hydrogen-bond donors (Lipinski definition) is 3. The van der Waals surface area contributed by atoms with Crippen molar-refractivity contribution in [2.45, 2.75) is 116 Å². The van der Waals surface area contributed by atoms with Gasteiger partial charge in [-0.25, -0.2) is 4.79 Å². The molecule has 1 saturated heterocycles. The molecule has 1 aromatic rings. The average molecular weight is 901 g/mol. The number of carbonyl (C=O) groups excluding carboxylic acids is 6. The summed E-state index contributed by atoms with van der Waals surface area (Å²) in [6.07, 6.45) is 11.7. The molecule has 0 bridgehead atoms. The van der Waals surface area contributed by atoms with E-state index in [1.807, 2.05) is 0 Å². The highest BCUT2D eigenvalue weighted by Crippen LogP contribution is 2.24. The second-order valence-electron chi connectivity index (χ2n) is 14.1. The predicted octanol–water partition coefficient (Wildman–Crippen LogP) is 7.15. The number of hydrogen-bond acceptors (Lipinski definition) is 16. The number of halogens is 1. The Balaban J connectivity index is 0.00000102. The van der Waals surface area contributed by atoms with E-state index in [0.717, 1.165) is 0 Å². The van der Waals surface area contributed by atoms with Crippen LogP contribution in [-0.4, -0.2) is 110 Å². The van der Waals surface area contributed by atoms with Crippen LogP contribution in [0.25, 0.3) is 0 Å². The second-order valence-corrected chi connectivity index (χ2v) is 14.6. The maximum atomic E-state index is 12.3. The van der Waals surface area contributed by atoms with E-state index < -0.39 is 5.97 Å². The van der Waals surface area contributed by atoms with Gasteiger partial charge in [0.2, 0.25) is 0 Å². The van der Waals surface area contributed by atoms with E-state index in [4.69, 9.17) is 55.5 Å². The molecule has 1 aliphatic heterocycles. The van der Waals surface area contributed by atoms with Gasteiger partial charge in [-0.1, -0.05) is 29.8 Å². The third-order valence-electron chi connectivity index (χ3n) is 9.01. The van der Waals surface area contributed by atoms with E-state index in [0.29, 0.717) is 128 Å². The molecule has 0 amide bonds. The molecular weight excluding hydrogens is 832 g/mol. The third-order valence-corrected chi connectivity index (χ3v) is 9.24. The molecular formula is C45H69ClO16. The number of ether oxygens (including phenoxy) is 6. The summed E-state index contributed by atoms with van der Waals surface area (Å²) in [6.45, 7) is 13.2. The molecule has 2 rings (SSSR count). The van der Waals surface area contributed by atoms with Crippen LogP contribution in [0.3, 0.4) is 0 Å². The molecule has 1 aliphatic rings. The van der Waals surface area contributed by atoms with Crippen LogP contribution in [0.15, 0.2) is 49.6 Å². The van der Waals surface area contributed by atoms with Crippen molar-refractivity contribution < 1.29 is 77.5 Å². The zero-order valence-electron chi connectivity index (χ0n) is 36.5. The monoisotopic (exact) mass is 900 g/mol. The first-order valence-electron chi connectivity index (χ1n) is 21.4. The molecule has 4 atom stereocenters. The lowest BCUT2D eigenvalue weighted by Gasteiger charge is -2.16. The standard InChI is InChI=1S/C23H38O8.C15H26O5.C7H5ClO3/c1-3-9-18(22(26)29-14-6-5-12-21(25)28-4-2)11-8-15-30-23(27)19(10-7-13-24)16-20-17-31-20;1-3-8-13(9-7-11-16)15(18)20-12-6-5-10-14(17)19-4-2;8-6-3-1-2-5(4-6)7(9)11-10/h3,18-20,24H,1,4-17H2,2H3;3,13,16H,1,4-12H2,2H3;1-4,10H. The minimum absolute atomic E-state index is 0.0451. The predicted molar refractivity (Wildman–Crippen MR) is 230 cm³/mol. The lowest BCUT2D eigenvalue weighted by molar-refractivity contribution is -0.182. The molecule has 3 N–H and O–H groups in total. The molecule has 0 radical (unpaired) electrons. The van der Waals surface area contributed by atoms with Gasteiger partial charge < -0.3 is 38.6 Å². The Kier molecular flexibility index (Phi) is 35.6. The minimum atomic E-state index is -0.813. The lowest BCUT2D eigenvalue weighted by atomic mass is 9.98. The van der Waals surface area contributed by atoms with Crippen LogP contribution in [0.4, 0.5) is 0 Å². The van der Waals surface area contributed by atoms with E-state index in [9.17, 15) is 28.8 Å². The SMILES string of the molecule is C=CCC(CCCO)C(=O)OCCCCC(=O)OCC.C=CCC(CCCOC(=O)C(CCCO)CC1CO1)C(=O)OCCCCC(=O)OCC.O=C(OO)c1cccc(Cl)c1. The Morgan fingerprint density at radius 2 is 1.16 bits per heavy atom. The normalized spacial score (nSPS) is 13.8. The Morgan fingerprint density at radius 3 is 1.58 bits per heavy atom. The second kappa shape index (κ2) is 38.3. The molecule has 4 unspecified atom stereocenters. The van der Waals surface area contributed by atoms with Crippen LogP contribution >= 0.6 is 11.6 Å². The van der Waals surface area contributed by atoms with E-state index in [1.54, 1.807) is 38.1 Å². The molecule has 0 aromatic heterocycles. The van der Waals surface area contributed by atoms with Gasteiger partial charge in [0.15, 0.2) is 0 Å². The molecule has 1 heterocycles. The fraction of sp³-hybridized carbons (Fsp3) is 0.644. The summed E-state index contributed by atoms with van der Waals surface area (Å²) < 4.78 is 30.8. The van der Waals surface area contributed by atoms with Crippen LogP contribution in [-0.2, 0) is 57.3 Å². The van der Waals surface area contributed by atoms with Crippen molar-refractivity contribution >= 4 is 47.4 Å². The number of epoxide rings is 1. The van der Waals surface area contributed by atoms with Crippen molar-refractivity contribution in [3.8, 4) is 0 Å². The van der Waals surface area contributed by atoms with Crippen molar-refractivity contribution in [1.29, 1.82) is 0 Å². The highest BCUT2D eigenvalue weighted by molar-refractivity contribution is 6.30. The molecule has 0 saturated carbocycles. The van der Waals surface area contributed by atoms with E-state index >= 15 is 0 Å². The van der Waals surface area contributed by atoms with Crippen molar-refractivity contribution in [3.63, 3.8) is 0 Å². The fourth-order valence-corrected chi connectivity index (χ4v) is 5.86. The van der Waals surface area contributed by atoms with Gasteiger partial charge in [0, 0.05) is 31.1 Å². The summed E-state index contributed by atoms with van der Waals surface area (Å²) in [4.78, 5) is 72.9. The lowest BCUT2D eigenvalue weighted by Crippen LogP contribution is -2.22. The Hall–Kier alpha value is -4.35. The van der Waals surface area contributed by atoms with Crippen LogP contribution in [0.5, 0.6) is 0 Å². The zero-order valence-corrected chi connectivity index (χ0v) is 37.2. The topological polar surface area (TPSA) is 231 Å². The number of unbranched alkanes of at least 4 members (excludes halogenated alkanes) is 2. The summed E-state index contributed by atoms with van der Waals surface area (Å²) >= 11 is 5.56. The first-order chi connectivity index (χ1) is 29.9. The quantitative estimate of drug-likeness (QED) is 0.0124. The smallest absolute Gasteiger partial charge is 0.372 e. The van der Waals surface area contributed by atoms with Crippen molar-refractivity contribution in [3.05, 3.63) is 60.2 Å². The van der Waals surface area contributed by atoms with Gasteiger partial charge in [-0.2, -0.15) is 5.26 Å². The van der Waals surface area contributed by atoms with Crippen molar-refractivity contribution in [2.24, 2.45) is 17.8 Å². The molecule has 0 spiro atoms. The maximum absolute atomic E-state index is 12.3. The Labute approximate surface area is 371 Å². The highest BCUT2D eigenvalue weighted by Gasteiger charge is 2.31. The highest BCUT2D eigenvalue weighted by atomic mass is 35.5. The van der Waals surface area contributed by atoms with Crippen LogP contribution in [0.2, 0.25) is 5.02 Å². The molecule has 1 fully saturated rings. The number of allylic oxidation sites excluding steroid dienone is 2. The van der Waals surface area contributed by atoms with Gasteiger partial charge in [0.25, 0.3) is 0 Å². The van der Waals surface area contributed by atoms with Gasteiger partial charge in [0.1, 0.15) is 0 Å². The molecule has 16 nitrogen and oxygen atoms in total. The van der Waals surface area contributed by atoms with Crippen LogP contribution in [0, 0.1) is 17.8 Å². The number of rotatable bonds is 32. The van der Waals surface area contributed by atoms with E-state index in [2.05, 4.69) is 18.0 Å². The summed E-state index contributed by atoms with van der Waals surface area (Å²) in [6, 6.07) is 6.11. The fourth-order valence-electron chi connectivity index (χ4n) is 5.67. The van der Waals surface area contributed by atoms with Gasteiger partial charge >= 0.3 is 35.8 Å². The number of carbonyl (C=O) groups is 6. The van der Waals surface area contributed by atoms with Crippen LogP contribution < -0.4 is 0 Å². The first kappa shape index (κ1) is 57.6. The van der Waals surface area contributed by atoms with Gasteiger partial charge in [-0.15, -0.1) is 13.2 Å². The molecule has 352 valence electrons. The molecule has 1 aromatic carbocycles. The number of aliphatic hydroxyl groups is 2. The number of benzene rings is 1. The molecule has 17 heteroatoms. The summed E-state index contributed by atoms with van der Waals surface area (Å²) in [5.74, 6) is -2.91. The van der Waals surface area contributed by atoms with Crippen LogP contribution in [0.1, 0.15) is 121 Å². The number of aliphatic hydroxyl groups excluding tert-OH is 2. The van der Waals surface area contributed by atoms with Crippen molar-refractivity contribution in [1.82, 2.24) is 0 Å². The Bertz CT molecular complexity index is 1430. The zero-order chi connectivity index (χ0) is 46.4. The van der Waals surface area contributed by atoms with Crippen molar-refractivity contribution in [2.75, 3.05) is 52.9 Å². The van der Waals surface area contributed by atoms with Gasteiger partial charge in [-0.05, 0) is 116 Å². The summed E-state index contributed by atoms with van der Waals surface area (Å²) in [5, 5.41) is 26.2. The summed E-state index contributed by atoms with van der Waals surface area (Å²) in [5.41, 5.74) is 0.222. The number of esters is 5. The average Bonchev–Trinajstić information content (AvgIpc) is 4.09. The Morgan fingerprint density at radius 1 is 0.710 bits per heavy atom.